The van der Waals surface area contributed by atoms with Gasteiger partial charge < -0.3 is 14.4 Å². The molecule has 7 nitrogen and oxygen atoms in total. The van der Waals surface area contributed by atoms with Crippen molar-refractivity contribution in [2.75, 3.05) is 24.6 Å². The van der Waals surface area contributed by atoms with Crippen molar-refractivity contribution in [2.24, 2.45) is 11.8 Å². The van der Waals surface area contributed by atoms with E-state index in [1.165, 1.54) is 0 Å². The number of halogens is 3. The first-order chi connectivity index (χ1) is 12.4. The molecular formula is C16H24F3N5O2. The molecule has 1 aliphatic carbocycles. The second kappa shape index (κ2) is 6.95. The molecule has 5 atom stereocenters. The molecule has 3 heterocycles. The number of hydrogen-bond donors (Lipinski definition) is 0. The summed E-state index contributed by atoms with van der Waals surface area (Å²) >= 11 is 0. The number of anilines is 1. The average molecular weight is 375 g/mol. The summed E-state index contributed by atoms with van der Waals surface area (Å²) in [4.78, 5) is 1.81. The molecule has 2 bridgehead atoms. The minimum Gasteiger partial charge on any atom is -0.378 e. The lowest BCUT2D eigenvalue weighted by atomic mass is 9.80. The van der Waals surface area contributed by atoms with Crippen LogP contribution in [0.5, 0.6) is 0 Å². The van der Waals surface area contributed by atoms with Crippen LogP contribution in [0, 0.1) is 11.8 Å². The molecule has 2 aliphatic heterocycles. The maximum Gasteiger partial charge on any atom is 0.414 e. The van der Waals surface area contributed by atoms with E-state index in [0.29, 0.717) is 37.0 Å². The summed E-state index contributed by atoms with van der Waals surface area (Å²) in [6, 6.07) is 0. The molecule has 0 N–H and O–H groups in total. The predicted octanol–water partition coefficient (Wildman–Crippen LogP) is 2.03. The quantitative estimate of drug-likeness (QED) is 0.806. The van der Waals surface area contributed by atoms with Crippen LogP contribution in [-0.2, 0) is 16.0 Å². The Hall–Kier alpha value is -1.42. The Morgan fingerprint density at radius 1 is 1.23 bits per heavy atom. The van der Waals surface area contributed by atoms with Crippen LogP contribution < -0.4 is 4.90 Å². The lowest BCUT2D eigenvalue weighted by Crippen LogP contribution is -2.34. The highest BCUT2D eigenvalue weighted by Gasteiger charge is 2.43. The first-order valence-corrected chi connectivity index (χ1v) is 9.25. The number of fused-ring (bicyclic) bond motifs is 2. The van der Waals surface area contributed by atoms with Gasteiger partial charge in [0.15, 0.2) is 6.10 Å². The number of ether oxygens (including phenoxy) is 2. The highest BCUT2D eigenvalue weighted by atomic mass is 19.4. The molecule has 5 unspecified atom stereocenters. The van der Waals surface area contributed by atoms with Gasteiger partial charge in [-0.3, -0.25) is 0 Å². The molecule has 0 aromatic carbocycles. The van der Waals surface area contributed by atoms with Gasteiger partial charge in [0.25, 0.3) is 0 Å². The summed E-state index contributed by atoms with van der Waals surface area (Å²) in [6.07, 6.45) is -3.15. The molecule has 0 radical (unpaired) electrons. The fourth-order valence-corrected chi connectivity index (χ4v) is 4.39. The lowest BCUT2D eigenvalue weighted by Gasteiger charge is -2.28. The van der Waals surface area contributed by atoms with Gasteiger partial charge in [0.1, 0.15) is 0 Å². The molecule has 4 rings (SSSR count). The number of hydrogen-bond acceptors (Lipinski definition) is 6. The second-order valence-electron chi connectivity index (χ2n) is 7.66. The number of tetrazole rings is 1. The molecule has 0 spiro atoms. The van der Waals surface area contributed by atoms with Gasteiger partial charge in [-0.05, 0) is 48.4 Å². The van der Waals surface area contributed by atoms with E-state index in [4.69, 9.17) is 9.47 Å². The van der Waals surface area contributed by atoms with Crippen LogP contribution in [0.15, 0.2) is 0 Å². The molecule has 1 aromatic rings. The lowest BCUT2D eigenvalue weighted by molar-refractivity contribution is -0.228. The maximum absolute atomic E-state index is 13.0. The highest BCUT2D eigenvalue weighted by molar-refractivity contribution is 5.28. The van der Waals surface area contributed by atoms with Gasteiger partial charge in [-0.25, -0.2) is 4.68 Å². The Bertz CT molecular complexity index is 625. The minimum absolute atomic E-state index is 0.123. The molecule has 10 heteroatoms. The van der Waals surface area contributed by atoms with Crippen LogP contribution in [0.25, 0.3) is 0 Å². The van der Waals surface area contributed by atoms with Crippen LogP contribution in [0.3, 0.4) is 0 Å². The molecule has 26 heavy (non-hydrogen) atoms. The number of alkyl halides is 3. The van der Waals surface area contributed by atoms with Crippen LogP contribution >= 0.6 is 0 Å². The third-order valence-corrected chi connectivity index (χ3v) is 5.74. The molecule has 3 aliphatic rings. The molecular weight excluding hydrogens is 351 g/mol. The first-order valence-electron chi connectivity index (χ1n) is 9.25. The zero-order chi connectivity index (χ0) is 18.3. The van der Waals surface area contributed by atoms with E-state index in [9.17, 15) is 13.2 Å². The van der Waals surface area contributed by atoms with Crippen LogP contribution in [-0.4, -0.2) is 64.4 Å². The van der Waals surface area contributed by atoms with E-state index >= 15 is 0 Å². The molecule has 2 saturated heterocycles. The van der Waals surface area contributed by atoms with E-state index in [1.807, 2.05) is 4.90 Å². The largest absolute Gasteiger partial charge is 0.414 e. The summed E-state index contributed by atoms with van der Waals surface area (Å²) < 4.78 is 51.8. The monoisotopic (exact) mass is 375 g/mol. The summed E-state index contributed by atoms with van der Waals surface area (Å²) in [5, 5.41) is 12.0. The van der Waals surface area contributed by atoms with Crippen molar-refractivity contribution >= 4 is 5.95 Å². The Balaban J connectivity index is 1.46. The minimum atomic E-state index is -4.35. The molecule has 1 aromatic heterocycles. The average Bonchev–Trinajstić information content (AvgIpc) is 3.13. The van der Waals surface area contributed by atoms with E-state index in [0.717, 1.165) is 25.9 Å². The first kappa shape index (κ1) is 18.0. The Kier molecular flexibility index (Phi) is 4.81. The van der Waals surface area contributed by atoms with E-state index < -0.39 is 18.4 Å². The van der Waals surface area contributed by atoms with Gasteiger partial charge in [0.2, 0.25) is 5.95 Å². The normalized spacial score (nSPS) is 35.5. The van der Waals surface area contributed by atoms with Crippen LogP contribution in [0.2, 0.25) is 0 Å². The molecule has 0 amide bonds. The topological polar surface area (TPSA) is 65.3 Å². The van der Waals surface area contributed by atoms with E-state index in [-0.39, 0.29) is 13.0 Å². The van der Waals surface area contributed by atoms with Gasteiger partial charge in [0.05, 0.1) is 18.8 Å². The Morgan fingerprint density at radius 3 is 2.88 bits per heavy atom. The zero-order valence-corrected chi connectivity index (χ0v) is 14.7. The number of aromatic nitrogens is 4. The fraction of sp³-hybridized carbons (Fsp3) is 0.938. The smallest absolute Gasteiger partial charge is 0.378 e. The Labute approximate surface area is 149 Å². The molecule has 146 valence electrons. The third kappa shape index (κ3) is 3.66. The SMILES string of the molecule is CC1CN(c2nnnn2CC2CCC3CC2CO3)CCC(C(F)(F)F)O1. The summed E-state index contributed by atoms with van der Waals surface area (Å²) in [5.41, 5.74) is 0. The van der Waals surface area contributed by atoms with Gasteiger partial charge in [-0.2, -0.15) is 13.2 Å². The molecule has 3 fully saturated rings. The maximum atomic E-state index is 13.0. The Morgan fingerprint density at radius 2 is 2.08 bits per heavy atom. The van der Waals surface area contributed by atoms with Crippen molar-refractivity contribution in [3.63, 3.8) is 0 Å². The van der Waals surface area contributed by atoms with Gasteiger partial charge in [0, 0.05) is 26.1 Å². The summed E-state index contributed by atoms with van der Waals surface area (Å²) in [5.74, 6) is 1.50. The summed E-state index contributed by atoms with van der Waals surface area (Å²) in [6.45, 7) is 3.68. The summed E-state index contributed by atoms with van der Waals surface area (Å²) in [7, 11) is 0. The van der Waals surface area contributed by atoms with Crippen molar-refractivity contribution in [2.45, 2.75) is 63.6 Å². The number of nitrogens with zero attached hydrogens (tertiary/aromatic N) is 5. The van der Waals surface area contributed by atoms with Crippen LogP contribution in [0.4, 0.5) is 19.1 Å². The van der Waals surface area contributed by atoms with Crippen LogP contribution in [0.1, 0.15) is 32.6 Å². The third-order valence-electron chi connectivity index (χ3n) is 5.74. The van der Waals surface area contributed by atoms with E-state index in [2.05, 4.69) is 15.5 Å². The second-order valence-corrected chi connectivity index (χ2v) is 7.66. The van der Waals surface area contributed by atoms with E-state index in [1.54, 1.807) is 11.6 Å². The van der Waals surface area contributed by atoms with Crippen molar-refractivity contribution in [1.29, 1.82) is 0 Å². The zero-order valence-electron chi connectivity index (χ0n) is 14.7. The van der Waals surface area contributed by atoms with Gasteiger partial charge >= 0.3 is 6.18 Å². The van der Waals surface area contributed by atoms with Crippen molar-refractivity contribution in [1.82, 2.24) is 20.2 Å². The predicted molar refractivity (Wildman–Crippen MR) is 85.6 cm³/mol. The number of rotatable bonds is 3. The van der Waals surface area contributed by atoms with Crippen molar-refractivity contribution in [3.05, 3.63) is 0 Å². The van der Waals surface area contributed by atoms with Crippen molar-refractivity contribution < 1.29 is 22.6 Å². The van der Waals surface area contributed by atoms with Crippen molar-refractivity contribution in [3.8, 4) is 0 Å². The highest BCUT2D eigenvalue weighted by Crippen LogP contribution is 2.38. The van der Waals surface area contributed by atoms with Gasteiger partial charge in [-0.1, -0.05) is 5.10 Å². The fourth-order valence-electron chi connectivity index (χ4n) is 4.39. The molecule has 1 saturated carbocycles. The van der Waals surface area contributed by atoms with Gasteiger partial charge in [-0.15, -0.1) is 0 Å². The standard InChI is InChI=1S/C16H24F3N5O2/c1-10-7-23(5-4-14(26-10)16(17,18)19)15-20-21-22-24(15)8-11-2-3-13-6-12(11)9-25-13/h10-14H,2-9H2,1H3.